The number of ether oxygens (including phenoxy) is 1. The number of aliphatic hydroxyl groups is 1. The van der Waals surface area contributed by atoms with Crippen LogP contribution in [0.25, 0.3) is 16.7 Å². The number of piperidine rings is 2. The van der Waals surface area contributed by atoms with Crippen LogP contribution in [0.4, 0.5) is 10.5 Å². The standard InChI is InChI=1S/C28H39N9O4/c1-32(2)27(39)35-9-5-28(40,6-10-35)19-36-20-30-25-24(26(36)38)18-31-37(25)23-15-22(16-29-17-23)33-7-3-21(4-8-33)34-11-13-41-14-12-34/h15-18,20-21,40H,3-14,19H2,1-2H3. The van der Waals surface area contributed by atoms with Gasteiger partial charge < -0.3 is 24.5 Å². The number of carbonyl (C=O) groups is 1. The number of aromatic nitrogens is 5. The van der Waals surface area contributed by atoms with Crippen molar-refractivity contribution in [2.45, 2.75) is 43.9 Å². The van der Waals surface area contributed by atoms with Crippen LogP contribution in [-0.2, 0) is 11.3 Å². The Morgan fingerprint density at radius 1 is 1.05 bits per heavy atom. The Balaban J connectivity index is 1.15. The van der Waals surface area contributed by atoms with Crippen LogP contribution in [0.2, 0.25) is 0 Å². The topological polar surface area (TPSA) is 125 Å². The Hall–Kier alpha value is -3.55. The highest BCUT2D eigenvalue weighted by molar-refractivity contribution is 5.75. The maximum absolute atomic E-state index is 13.4. The molecule has 13 nitrogen and oxygen atoms in total. The molecule has 0 aliphatic carbocycles. The summed E-state index contributed by atoms with van der Waals surface area (Å²) in [4.78, 5) is 42.8. The largest absolute Gasteiger partial charge is 0.388 e. The summed E-state index contributed by atoms with van der Waals surface area (Å²) >= 11 is 0. The van der Waals surface area contributed by atoms with Gasteiger partial charge in [-0.2, -0.15) is 5.10 Å². The smallest absolute Gasteiger partial charge is 0.319 e. The number of anilines is 1. The van der Waals surface area contributed by atoms with E-state index in [1.54, 1.807) is 29.9 Å². The highest BCUT2D eigenvalue weighted by Crippen LogP contribution is 2.26. The van der Waals surface area contributed by atoms with Gasteiger partial charge in [-0.1, -0.05) is 0 Å². The van der Waals surface area contributed by atoms with Gasteiger partial charge in [-0.25, -0.2) is 14.5 Å². The number of pyridine rings is 1. The zero-order chi connectivity index (χ0) is 28.6. The molecule has 6 rings (SSSR count). The highest BCUT2D eigenvalue weighted by Gasteiger charge is 2.35. The zero-order valence-corrected chi connectivity index (χ0v) is 23.9. The number of hydrogen-bond acceptors (Lipinski definition) is 9. The zero-order valence-electron chi connectivity index (χ0n) is 23.9. The maximum Gasteiger partial charge on any atom is 0.319 e. The molecular formula is C28H39N9O4. The average molecular weight is 566 g/mol. The lowest BCUT2D eigenvalue weighted by Gasteiger charge is -2.40. The van der Waals surface area contributed by atoms with Gasteiger partial charge in [-0.05, 0) is 31.7 Å². The van der Waals surface area contributed by atoms with E-state index in [0.29, 0.717) is 43.0 Å². The Morgan fingerprint density at radius 2 is 1.76 bits per heavy atom. The van der Waals surface area contributed by atoms with Gasteiger partial charge in [0.05, 0.1) is 55.3 Å². The Bertz CT molecular complexity index is 1430. The first kappa shape index (κ1) is 27.6. The second kappa shape index (κ2) is 11.4. The van der Waals surface area contributed by atoms with E-state index < -0.39 is 5.60 Å². The summed E-state index contributed by atoms with van der Waals surface area (Å²) in [7, 11) is 3.43. The number of carbonyl (C=O) groups excluding carboxylic acids is 1. The molecule has 6 heterocycles. The molecule has 3 aromatic heterocycles. The quantitative estimate of drug-likeness (QED) is 0.478. The third-order valence-corrected chi connectivity index (χ3v) is 8.71. The van der Waals surface area contributed by atoms with Crippen molar-refractivity contribution in [2.24, 2.45) is 0 Å². The minimum Gasteiger partial charge on any atom is -0.388 e. The fourth-order valence-electron chi connectivity index (χ4n) is 6.26. The maximum atomic E-state index is 13.4. The van der Waals surface area contributed by atoms with Gasteiger partial charge in [-0.3, -0.25) is 19.2 Å². The van der Waals surface area contributed by atoms with Gasteiger partial charge in [0, 0.05) is 59.4 Å². The normalized spacial score (nSPS) is 20.5. The monoisotopic (exact) mass is 565 g/mol. The predicted molar refractivity (Wildman–Crippen MR) is 153 cm³/mol. The minimum absolute atomic E-state index is 0.0734. The minimum atomic E-state index is -1.09. The molecule has 3 aromatic rings. The molecule has 13 heteroatoms. The van der Waals surface area contributed by atoms with Crippen molar-refractivity contribution in [1.82, 2.24) is 39.0 Å². The van der Waals surface area contributed by atoms with Crippen LogP contribution in [0.3, 0.4) is 0 Å². The van der Waals surface area contributed by atoms with Gasteiger partial charge in [0.2, 0.25) is 0 Å². The molecule has 220 valence electrons. The number of urea groups is 1. The van der Waals surface area contributed by atoms with Gasteiger partial charge in [0.15, 0.2) is 5.65 Å². The molecule has 3 fully saturated rings. The summed E-state index contributed by atoms with van der Waals surface area (Å²) < 4.78 is 8.61. The number of likely N-dealkylation sites (tertiary alicyclic amines) is 1. The molecule has 0 atom stereocenters. The Kier molecular flexibility index (Phi) is 7.66. The van der Waals surface area contributed by atoms with Crippen LogP contribution >= 0.6 is 0 Å². The summed E-state index contributed by atoms with van der Waals surface area (Å²) in [5.41, 5.74) is 0.881. The molecule has 1 N–H and O–H groups in total. The van der Waals surface area contributed by atoms with E-state index in [4.69, 9.17) is 4.74 Å². The van der Waals surface area contributed by atoms with Gasteiger partial charge >= 0.3 is 6.03 Å². The van der Waals surface area contributed by atoms with Crippen molar-refractivity contribution in [3.05, 3.63) is 41.3 Å². The van der Waals surface area contributed by atoms with Crippen molar-refractivity contribution in [2.75, 3.05) is 71.5 Å². The van der Waals surface area contributed by atoms with Gasteiger partial charge in [0.25, 0.3) is 5.56 Å². The number of nitrogens with zero attached hydrogens (tertiary/aromatic N) is 9. The molecule has 41 heavy (non-hydrogen) atoms. The van der Waals surface area contributed by atoms with E-state index in [9.17, 15) is 14.7 Å². The van der Waals surface area contributed by atoms with Crippen molar-refractivity contribution < 1.29 is 14.6 Å². The molecule has 2 amide bonds. The van der Waals surface area contributed by atoms with Gasteiger partial charge in [0.1, 0.15) is 11.7 Å². The Morgan fingerprint density at radius 3 is 2.46 bits per heavy atom. The van der Waals surface area contributed by atoms with Crippen LogP contribution in [-0.4, -0.2) is 128 Å². The summed E-state index contributed by atoms with van der Waals surface area (Å²) in [6, 6.07) is 2.57. The summed E-state index contributed by atoms with van der Waals surface area (Å²) in [6.45, 7) is 6.57. The molecule has 3 saturated heterocycles. The molecule has 0 bridgehead atoms. The average Bonchev–Trinajstić information content (AvgIpc) is 3.44. The SMILES string of the molecule is CN(C)C(=O)N1CCC(O)(Cn2cnc3c(cnn3-c3cncc(N4CCC(N5CCOCC5)CC4)c3)c2=O)CC1. The summed E-state index contributed by atoms with van der Waals surface area (Å²) in [5.74, 6) is 0. The van der Waals surface area contributed by atoms with Crippen molar-refractivity contribution in [3.8, 4) is 5.69 Å². The van der Waals surface area contributed by atoms with Crippen LogP contribution in [0.5, 0.6) is 0 Å². The fraction of sp³-hybridized carbons (Fsp3) is 0.607. The first-order valence-corrected chi connectivity index (χ1v) is 14.5. The molecule has 0 radical (unpaired) electrons. The first-order chi connectivity index (χ1) is 19.8. The van der Waals surface area contributed by atoms with E-state index >= 15 is 0 Å². The van der Waals surface area contributed by atoms with Crippen molar-refractivity contribution >= 4 is 22.8 Å². The number of rotatable bonds is 5. The summed E-state index contributed by atoms with van der Waals surface area (Å²) in [5, 5.41) is 16.1. The van der Waals surface area contributed by atoms with E-state index in [2.05, 4.69) is 24.9 Å². The van der Waals surface area contributed by atoms with Crippen LogP contribution in [0.1, 0.15) is 25.7 Å². The van der Waals surface area contributed by atoms with Crippen molar-refractivity contribution in [3.63, 3.8) is 0 Å². The molecular weight excluding hydrogens is 526 g/mol. The summed E-state index contributed by atoms with van der Waals surface area (Å²) in [6.07, 6.45) is 9.60. The Labute approximate surface area is 238 Å². The lowest BCUT2D eigenvalue weighted by atomic mass is 9.91. The van der Waals surface area contributed by atoms with Crippen molar-refractivity contribution in [1.29, 1.82) is 0 Å². The van der Waals surface area contributed by atoms with E-state index in [0.717, 1.165) is 63.6 Å². The first-order valence-electron chi connectivity index (χ1n) is 14.5. The molecule has 0 spiro atoms. The van der Waals surface area contributed by atoms with E-state index in [1.807, 2.05) is 12.3 Å². The second-order valence-corrected chi connectivity index (χ2v) is 11.6. The van der Waals surface area contributed by atoms with E-state index in [-0.39, 0.29) is 18.1 Å². The number of morpholine rings is 1. The molecule has 3 aliphatic rings. The molecule has 0 aromatic carbocycles. The predicted octanol–water partition coefficient (Wildman–Crippen LogP) is 0.787. The highest BCUT2D eigenvalue weighted by atomic mass is 16.5. The molecule has 0 saturated carbocycles. The number of fused-ring (bicyclic) bond motifs is 1. The fourth-order valence-corrected chi connectivity index (χ4v) is 6.26. The third kappa shape index (κ3) is 5.66. The lowest BCUT2D eigenvalue weighted by molar-refractivity contribution is -0.0282. The van der Waals surface area contributed by atoms with E-state index in [1.165, 1.54) is 22.0 Å². The third-order valence-electron chi connectivity index (χ3n) is 8.71. The van der Waals surface area contributed by atoms with Crippen LogP contribution in [0.15, 0.2) is 35.8 Å². The van der Waals surface area contributed by atoms with Crippen LogP contribution in [0, 0.1) is 0 Å². The van der Waals surface area contributed by atoms with Crippen LogP contribution < -0.4 is 10.5 Å². The molecule has 0 unspecified atom stereocenters. The second-order valence-electron chi connectivity index (χ2n) is 11.6. The van der Waals surface area contributed by atoms with Gasteiger partial charge in [-0.15, -0.1) is 0 Å². The number of amides is 2. The number of hydrogen-bond donors (Lipinski definition) is 1. The lowest BCUT2D eigenvalue weighted by Crippen LogP contribution is -2.51. The molecule has 3 aliphatic heterocycles.